The molecule has 0 atom stereocenters. The topological polar surface area (TPSA) is 0 Å². The number of benzene rings is 1. The number of alkyl halides is 1. The molecule has 126 valence electrons. The number of rotatable bonds is 4. The number of halogens is 1. The average molecular weight is 331 g/mol. The van der Waals surface area contributed by atoms with Crippen LogP contribution in [0.15, 0.2) is 36.4 Å². The Hall–Kier alpha value is -0.750. The molecule has 0 aliphatic heterocycles. The van der Waals surface area contributed by atoms with Gasteiger partial charge in [0.05, 0.1) is 0 Å². The van der Waals surface area contributed by atoms with Crippen LogP contribution in [0.4, 0.5) is 0 Å². The van der Waals surface area contributed by atoms with Crippen molar-refractivity contribution in [1.29, 1.82) is 0 Å². The van der Waals surface area contributed by atoms with Gasteiger partial charge < -0.3 is 0 Å². The summed E-state index contributed by atoms with van der Waals surface area (Å²) in [7, 11) is 0. The third kappa shape index (κ3) is 3.85. The number of allylic oxidation sites excluding steroid dienone is 2. The molecule has 0 heterocycles. The van der Waals surface area contributed by atoms with Crippen molar-refractivity contribution in [2.45, 2.75) is 70.1 Å². The lowest BCUT2D eigenvalue weighted by atomic mass is 9.58. The lowest BCUT2D eigenvalue weighted by Crippen LogP contribution is -2.39. The van der Waals surface area contributed by atoms with E-state index in [0.29, 0.717) is 11.3 Å². The Labute approximate surface area is 147 Å². The van der Waals surface area contributed by atoms with Crippen LogP contribution in [0.5, 0.6) is 0 Å². The number of hydrogen-bond acceptors (Lipinski definition) is 0. The zero-order valence-electron chi connectivity index (χ0n) is 14.6. The average Bonchev–Trinajstić information content (AvgIpc) is 2.61. The first-order valence-electron chi connectivity index (χ1n) is 9.54. The maximum Gasteiger partial charge on any atom is 0.0404 e. The van der Waals surface area contributed by atoms with E-state index in [2.05, 4.69) is 43.3 Å². The molecular weight excluding hydrogens is 300 g/mol. The molecule has 0 aromatic heterocycles. The maximum atomic E-state index is 5.80. The van der Waals surface area contributed by atoms with Gasteiger partial charge in [-0.2, -0.15) is 0 Å². The van der Waals surface area contributed by atoms with E-state index in [1.54, 1.807) is 5.56 Å². The molecule has 3 rings (SSSR count). The summed E-state index contributed by atoms with van der Waals surface area (Å²) in [4.78, 5) is 0. The Balaban J connectivity index is 1.77. The summed E-state index contributed by atoms with van der Waals surface area (Å²) in [6.45, 7) is 2.20. The van der Waals surface area contributed by atoms with E-state index in [9.17, 15) is 0 Å². The Morgan fingerprint density at radius 1 is 1.00 bits per heavy atom. The second-order valence-electron chi connectivity index (χ2n) is 7.78. The fourth-order valence-corrected chi connectivity index (χ4v) is 5.21. The van der Waals surface area contributed by atoms with E-state index in [4.69, 9.17) is 11.6 Å². The third-order valence-electron chi connectivity index (χ3n) is 6.42. The van der Waals surface area contributed by atoms with Gasteiger partial charge in [0.25, 0.3) is 0 Å². The van der Waals surface area contributed by atoms with Crippen molar-refractivity contribution in [3.8, 4) is 0 Å². The zero-order valence-corrected chi connectivity index (χ0v) is 15.3. The van der Waals surface area contributed by atoms with E-state index in [-0.39, 0.29) is 0 Å². The minimum atomic E-state index is 0.465. The van der Waals surface area contributed by atoms with Gasteiger partial charge >= 0.3 is 0 Å². The van der Waals surface area contributed by atoms with Crippen molar-refractivity contribution >= 4 is 11.6 Å². The highest BCUT2D eigenvalue weighted by Crippen LogP contribution is 2.50. The predicted molar refractivity (Wildman–Crippen MR) is 101 cm³/mol. The van der Waals surface area contributed by atoms with Gasteiger partial charge in [-0.1, -0.05) is 61.2 Å². The van der Waals surface area contributed by atoms with Gasteiger partial charge in [-0.15, -0.1) is 11.6 Å². The van der Waals surface area contributed by atoms with Crippen LogP contribution >= 0.6 is 11.6 Å². The number of aryl methyl sites for hydroxylation is 1. The highest BCUT2D eigenvalue weighted by molar-refractivity contribution is 6.18. The fraction of sp³-hybridized carbons (Fsp3) is 0.636. The van der Waals surface area contributed by atoms with Crippen LogP contribution in [0.3, 0.4) is 0 Å². The van der Waals surface area contributed by atoms with Crippen LogP contribution in [0.2, 0.25) is 0 Å². The standard InChI is InChI=1S/C22H31Cl/c1-18-7-11-20(12-8-18)22(15-3-2-4-16-22)21-13-9-19(10-14-21)6-5-17-23/h5-8,11-12,19,21H,2-4,9-10,13-17H2,1H3. The van der Waals surface area contributed by atoms with Crippen LogP contribution in [-0.4, -0.2) is 5.88 Å². The monoisotopic (exact) mass is 330 g/mol. The Morgan fingerprint density at radius 2 is 1.65 bits per heavy atom. The first kappa shape index (κ1) is 17.1. The lowest BCUT2D eigenvalue weighted by Gasteiger charge is -2.47. The van der Waals surface area contributed by atoms with Crippen LogP contribution in [0.1, 0.15) is 68.9 Å². The van der Waals surface area contributed by atoms with Crippen molar-refractivity contribution in [2.75, 3.05) is 5.88 Å². The van der Waals surface area contributed by atoms with Crippen LogP contribution < -0.4 is 0 Å². The van der Waals surface area contributed by atoms with E-state index < -0.39 is 0 Å². The molecule has 23 heavy (non-hydrogen) atoms. The molecule has 0 unspecified atom stereocenters. The lowest BCUT2D eigenvalue weighted by molar-refractivity contribution is 0.136. The molecule has 0 radical (unpaired) electrons. The molecule has 0 N–H and O–H groups in total. The predicted octanol–water partition coefficient (Wildman–Crippen LogP) is 6.80. The normalized spacial score (nSPS) is 28.1. The van der Waals surface area contributed by atoms with Gasteiger partial charge in [0.15, 0.2) is 0 Å². The molecular formula is C22H31Cl. The van der Waals surface area contributed by atoms with E-state index in [1.165, 1.54) is 63.4 Å². The summed E-state index contributed by atoms with van der Waals surface area (Å²) in [6.07, 6.45) is 17.1. The van der Waals surface area contributed by atoms with Gasteiger partial charge in [-0.3, -0.25) is 0 Å². The Morgan fingerprint density at radius 3 is 2.26 bits per heavy atom. The van der Waals surface area contributed by atoms with Crippen molar-refractivity contribution < 1.29 is 0 Å². The molecule has 0 nitrogen and oxygen atoms in total. The summed E-state index contributed by atoms with van der Waals surface area (Å²) in [6, 6.07) is 9.50. The number of hydrogen-bond donors (Lipinski definition) is 0. The van der Waals surface area contributed by atoms with Gasteiger partial charge in [0.1, 0.15) is 0 Å². The van der Waals surface area contributed by atoms with Crippen molar-refractivity contribution in [3.63, 3.8) is 0 Å². The Kier molecular flexibility index (Phi) is 5.85. The van der Waals surface area contributed by atoms with Crippen LogP contribution in [0.25, 0.3) is 0 Å². The second-order valence-corrected chi connectivity index (χ2v) is 8.09. The molecule has 1 aromatic rings. The molecule has 1 heteroatoms. The van der Waals surface area contributed by atoms with Crippen molar-refractivity contribution in [3.05, 3.63) is 47.5 Å². The highest BCUT2D eigenvalue weighted by Gasteiger charge is 2.42. The van der Waals surface area contributed by atoms with Gasteiger partial charge in [0.2, 0.25) is 0 Å². The van der Waals surface area contributed by atoms with Crippen LogP contribution in [0, 0.1) is 18.8 Å². The Bertz CT molecular complexity index is 499. The fourth-order valence-electron chi connectivity index (χ4n) is 5.11. The SMILES string of the molecule is Cc1ccc(C2(C3CCC(C=CCCl)CC3)CCCCC2)cc1. The zero-order chi connectivity index (χ0) is 16.1. The minimum Gasteiger partial charge on any atom is -0.122 e. The van der Waals surface area contributed by atoms with E-state index in [0.717, 1.165) is 11.8 Å². The van der Waals surface area contributed by atoms with Gasteiger partial charge in [0, 0.05) is 5.88 Å². The highest BCUT2D eigenvalue weighted by atomic mass is 35.5. The molecule has 0 bridgehead atoms. The summed E-state index contributed by atoms with van der Waals surface area (Å²) in [5.41, 5.74) is 3.48. The van der Waals surface area contributed by atoms with Crippen molar-refractivity contribution in [1.82, 2.24) is 0 Å². The molecule has 1 aromatic carbocycles. The van der Waals surface area contributed by atoms with Gasteiger partial charge in [-0.05, 0) is 68.3 Å². The largest absolute Gasteiger partial charge is 0.122 e. The first-order chi connectivity index (χ1) is 11.2. The molecule has 2 aliphatic carbocycles. The van der Waals surface area contributed by atoms with Crippen molar-refractivity contribution in [2.24, 2.45) is 11.8 Å². The molecule has 0 spiro atoms. The molecule has 2 fully saturated rings. The van der Waals surface area contributed by atoms with E-state index >= 15 is 0 Å². The maximum absolute atomic E-state index is 5.80. The smallest absolute Gasteiger partial charge is 0.0404 e. The molecule has 2 aliphatic rings. The second kappa shape index (κ2) is 7.88. The summed E-state index contributed by atoms with van der Waals surface area (Å²) >= 11 is 5.80. The minimum absolute atomic E-state index is 0.465. The summed E-state index contributed by atoms with van der Waals surface area (Å²) < 4.78 is 0. The summed E-state index contributed by atoms with van der Waals surface area (Å²) in [5, 5.41) is 0. The quantitative estimate of drug-likeness (QED) is 0.420. The molecule has 0 saturated heterocycles. The molecule has 2 saturated carbocycles. The van der Waals surface area contributed by atoms with E-state index in [1.807, 2.05) is 0 Å². The summed E-state index contributed by atoms with van der Waals surface area (Å²) in [5.74, 6) is 2.31. The molecule has 0 amide bonds. The third-order valence-corrected chi connectivity index (χ3v) is 6.60. The van der Waals surface area contributed by atoms with Crippen LogP contribution in [-0.2, 0) is 5.41 Å². The first-order valence-corrected chi connectivity index (χ1v) is 10.1. The van der Waals surface area contributed by atoms with Gasteiger partial charge in [-0.25, -0.2) is 0 Å².